The first-order valence-electron chi connectivity index (χ1n) is 4.02. The predicted octanol–water partition coefficient (Wildman–Crippen LogP) is 2.23. The number of hydrogen-bond donors (Lipinski definition) is 1. The maximum atomic E-state index is 10.8. The van der Waals surface area contributed by atoms with Crippen LogP contribution in [0.15, 0.2) is 30.3 Å². The Morgan fingerprint density at radius 2 is 1.60 bits per heavy atom. The van der Waals surface area contributed by atoms with Crippen LogP contribution in [0.5, 0.6) is 0 Å². The molecule has 0 radical (unpaired) electrons. The zero-order chi connectivity index (χ0) is 11.8. The highest BCUT2D eigenvalue weighted by Crippen LogP contribution is 1.96. The monoisotopic (exact) mass is 216 g/mol. The fourth-order valence-electron chi connectivity index (χ4n) is 0.581. The number of aromatic carboxylic acids is 1. The van der Waals surface area contributed by atoms with E-state index in [1.54, 1.807) is 30.3 Å². The van der Waals surface area contributed by atoms with Crippen LogP contribution >= 0.6 is 0 Å². The van der Waals surface area contributed by atoms with Gasteiger partial charge >= 0.3 is 5.97 Å². The van der Waals surface area contributed by atoms with Crippen molar-refractivity contribution in [1.29, 1.82) is 0 Å². The van der Waals surface area contributed by atoms with Crippen LogP contribution < -0.4 is 0 Å². The van der Waals surface area contributed by atoms with Gasteiger partial charge in [0.2, 0.25) is 0 Å². The average Bonchev–Trinajstić information content (AvgIpc) is 2.20. The summed E-state index contributed by atoms with van der Waals surface area (Å²) in [5.41, 5.74) is 0.331. The van der Waals surface area contributed by atoms with Crippen LogP contribution in [0.25, 0.3) is 0 Å². The summed E-state index contributed by atoms with van der Waals surface area (Å²) >= 11 is 0. The minimum Gasteiger partial charge on any atom is -0.478 e. The Kier molecular flexibility index (Phi) is 5.85. The zero-order valence-corrected chi connectivity index (χ0v) is 7.98. The van der Waals surface area contributed by atoms with Crippen LogP contribution in [-0.4, -0.2) is 23.3 Å². The molecule has 1 aromatic rings. The van der Waals surface area contributed by atoms with Crippen molar-refractivity contribution in [3.63, 3.8) is 0 Å². The number of carboxylic acids is 1. The third-order valence-electron chi connectivity index (χ3n) is 1.33. The van der Waals surface area contributed by atoms with E-state index in [0.29, 0.717) is 5.56 Å². The summed E-state index contributed by atoms with van der Waals surface area (Å²) < 4.78 is 21.6. The first kappa shape index (κ1) is 13.2. The molecule has 15 heavy (non-hydrogen) atoms. The van der Waals surface area contributed by atoms with Gasteiger partial charge in [-0.05, 0) is 12.1 Å². The highest BCUT2D eigenvalue weighted by atomic mass is 19.3. The highest BCUT2D eigenvalue weighted by Gasteiger charge is 2.05. The Labute approximate surface area is 85.3 Å². The molecule has 0 heterocycles. The summed E-state index contributed by atoms with van der Waals surface area (Å²) in [6, 6.07) is 8.30. The maximum absolute atomic E-state index is 10.8. The summed E-state index contributed by atoms with van der Waals surface area (Å²) in [6.45, 7) is 0.852. The van der Waals surface area contributed by atoms with E-state index in [1.165, 1.54) is 0 Å². The van der Waals surface area contributed by atoms with Gasteiger partial charge in [-0.3, -0.25) is 4.79 Å². The molecule has 0 saturated heterocycles. The molecule has 0 fully saturated rings. The number of carboxylic acid groups (broad SMARTS) is 1. The first-order chi connectivity index (χ1) is 6.95. The predicted molar refractivity (Wildman–Crippen MR) is 50.1 cm³/mol. The minimum absolute atomic E-state index is 0.331. The second kappa shape index (κ2) is 6.64. The van der Waals surface area contributed by atoms with E-state index in [9.17, 15) is 18.4 Å². The van der Waals surface area contributed by atoms with Crippen LogP contribution in [0.3, 0.4) is 0 Å². The van der Waals surface area contributed by atoms with Gasteiger partial charge in [-0.2, -0.15) is 0 Å². The molecule has 1 aromatic carbocycles. The van der Waals surface area contributed by atoms with Gasteiger partial charge in [0.1, 0.15) is 0 Å². The number of Topliss-reactive ketones (excluding diaryl/α,β-unsaturated/α-hetero) is 1. The lowest BCUT2D eigenvalue weighted by Gasteiger charge is -1.88. The normalized spacial score (nSPS) is 9.07. The Hall–Kier alpha value is -1.78. The molecule has 0 aliphatic carbocycles. The van der Waals surface area contributed by atoms with Crippen molar-refractivity contribution in [2.24, 2.45) is 0 Å². The van der Waals surface area contributed by atoms with Crippen molar-refractivity contribution in [3.05, 3.63) is 35.9 Å². The summed E-state index contributed by atoms with van der Waals surface area (Å²) in [7, 11) is 0. The Morgan fingerprint density at radius 1 is 1.20 bits per heavy atom. The molecule has 0 amide bonds. The molecule has 1 rings (SSSR count). The fourth-order valence-corrected chi connectivity index (χ4v) is 0.581. The van der Waals surface area contributed by atoms with Gasteiger partial charge in [-0.15, -0.1) is 0 Å². The maximum Gasteiger partial charge on any atom is 0.335 e. The van der Waals surface area contributed by atoms with Gasteiger partial charge in [0.15, 0.2) is 5.78 Å². The largest absolute Gasteiger partial charge is 0.478 e. The standard InChI is InChI=1S/C7H6O2.C3H4F2O/c8-7(9)6-4-2-1-3-5-6;1-2(6)3(4)5/h1-5H,(H,8,9);3H,1H3. The van der Waals surface area contributed by atoms with Crippen molar-refractivity contribution in [1.82, 2.24) is 0 Å². The number of ketones is 1. The van der Waals surface area contributed by atoms with E-state index in [-0.39, 0.29) is 0 Å². The van der Waals surface area contributed by atoms with E-state index in [4.69, 9.17) is 5.11 Å². The summed E-state index contributed by atoms with van der Waals surface area (Å²) in [5, 5.41) is 8.38. The summed E-state index contributed by atoms with van der Waals surface area (Å²) in [5.74, 6) is -1.95. The van der Waals surface area contributed by atoms with Gasteiger partial charge < -0.3 is 5.11 Å². The van der Waals surface area contributed by atoms with Gasteiger partial charge in [-0.25, -0.2) is 13.6 Å². The van der Waals surface area contributed by atoms with Crippen molar-refractivity contribution in [2.75, 3.05) is 0 Å². The molecule has 0 unspecified atom stereocenters. The van der Waals surface area contributed by atoms with Crippen molar-refractivity contribution < 1.29 is 23.5 Å². The van der Waals surface area contributed by atoms with Crippen LogP contribution in [0, 0.1) is 0 Å². The molecular formula is C10H10F2O3. The summed E-state index contributed by atoms with van der Waals surface area (Å²) in [4.78, 5) is 19.6. The van der Waals surface area contributed by atoms with Crippen molar-refractivity contribution in [2.45, 2.75) is 13.3 Å². The number of benzene rings is 1. The molecule has 0 bridgehead atoms. The number of carbonyl (C=O) groups is 2. The molecule has 0 atom stereocenters. The smallest absolute Gasteiger partial charge is 0.335 e. The molecule has 0 aromatic heterocycles. The quantitative estimate of drug-likeness (QED) is 0.824. The highest BCUT2D eigenvalue weighted by molar-refractivity contribution is 5.87. The van der Waals surface area contributed by atoms with Gasteiger partial charge in [0, 0.05) is 6.92 Å². The number of rotatable bonds is 2. The third kappa shape index (κ3) is 6.31. The van der Waals surface area contributed by atoms with Crippen LogP contribution in [0.1, 0.15) is 17.3 Å². The Bertz CT molecular complexity index is 323. The average molecular weight is 216 g/mol. The SMILES string of the molecule is CC(=O)C(F)F.O=C(O)c1ccccc1. The van der Waals surface area contributed by atoms with Crippen molar-refractivity contribution >= 4 is 11.8 Å². The lowest BCUT2D eigenvalue weighted by atomic mass is 10.2. The fraction of sp³-hybridized carbons (Fsp3) is 0.200. The molecule has 1 N–H and O–H groups in total. The van der Waals surface area contributed by atoms with E-state index < -0.39 is 18.2 Å². The topological polar surface area (TPSA) is 54.4 Å². The molecule has 0 spiro atoms. The van der Waals surface area contributed by atoms with Gasteiger partial charge in [0.25, 0.3) is 6.43 Å². The second-order valence-electron chi connectivity index (χ2n) is 2.58. The van der Waals surface area contributed by atoms with Crippen LogP contribution in [-0.2, 0) is 4.79 Å². The molecule has 82 valence electrons. The zero-order valence-electron chi connectivity index (χ0n) is 7.98. The molecule has 0 aliphatic rings. The molecule has 0 aliphatic heterocycles. The van der Waals surface area contributed by atoms with Crippen LogP contribution in [0.2, 0.25) is 0 Å². The minimum atomic E-state index is -2.79. The number of carbonyl (C=O) groups excluding carboxylic acids is 1. The van der Waals surface area contributed by atoms with Crippen LogP contribution in [0.4, 0.5) is 8.78 Å². The van der Waals surface area contributed by atoms with E-state index in [1.807, 2.05) is 0 Å². The van der Waals surface area contributed by atoms with E-state index in [2.05, 4.69) is 0 Å². The van der Waals surface area contributed by atoms with Crippen molar-refractivity contribution in [3.8, 4) is 0 Å². The molecule has 5 heteroatoms. The molecular weight excluding hydrogens is 206 g/mol. The molecule has 3 nitrogen and oxygen atoms in total. The number of halogens is 2. The molecule has 0 saturated carbocycles. The van der Waals surface area contributed by atoms with Gasteiger partial charge in [-0.1, -0.05) is 18.2 Å². The first-order valence-corrected chi connectivity index (χ1v) is 4.02. The number of alkyl halides is 2. The van der Waals surface area contributed by atoms with E-state index >= 15 is 0 Å². The van der Waals surface area contributed by atoms with E-state index in [0.717, 1.165) is 6.92 Å². The Balaban J connectivity index is 0.000000288. The Morgan fingerprint density at radius 3 is 1.80 bits per heavy atom. The summed E-state index contributed by atoms with van der Waals surface area (Å²) in [6.07, 6.45) is -2.79. The number of hydrogen-bond acceptors (Lipinski definition) is 2. The lowest BCUT2D eigenvalue weighted by Crippen LogP contribution is -2.02. The third-order valence-corrected chi connectivity index (χ3v) is 1.33. The lowest BCUT2D eigenvalue weighted by molar-refractivity contribution is -0.127. The van der Waals surface area contributed by atoms with Gasteiger partial charge in [0.05, 0.1) is 5.56 Å². The second-order valence-corrected chi connectivity index (χ2v) is 2.58.